The summed E-state index contributed by atoms with van der Waals surface area (Å²) in [5.41, 5.74) is 0. The Bertz CT molecular complexity index is 398. The summed E-state index contributed by atoms with van der Waals surface area (Å²) in [6.07, 6.45) is 10.9. The average Bonchev–Trinajstić information content (AvgIpc) is 3.36. The lowest BCUT2D eigenvalue weighted by atomic mass is 9.98. The van der Waals surface area contributed by atoms with Gasteiger partial charge in [-0.2, -0.15) is 0 Å². The molecule has 1 N–H and O–H groups in total. The second kappa shape index (κ2) is 6.61. The SMILES string of the molecule is CCOCCCNc1nccn1CC(C1CC1)C1CC1. The van der Waals surface area contributed by atoms with Gasteiger partial charge in [0, 0.05) is 38.7 Å². The zero-order chi connectivity index (χ0) is 13.8. The second-order valence-corrected chi connectivity index (χ2v) is 6.22. The third kappa shape index (κ3) is 3.75. The van der Waals surface area contributed by atoms with Crippen molar-refractivity contribution in [3.63, 3.8) is 0 Å². The van der Waals surface area contributed by atoms with Gasteiger partial charge in [-0.1, -0.05) is 0 Å². The molecule has 1 aromatic heterocycles. The van der Waals surface area contributed by atoms with E-state index in [1.54, 1.807) is 0 Å². The van der Waals surface area contributed by atoms with Crippen LogP contribution in [0.15, 0.2) is 12.4 Å². The van der Waals surface area contributed by atoms with Crippen molar-refractivity contribution >= 4 is 5.95 Å². The minimum Gasteiger partial charge on any atom is -0.382 e. The Balaban J connectivity index is 1.48. The predicted octanol–water partition coefficient (Wildman–Crippen LogP) is 3.16. The smallest absolute Gasteiger partial charge is 0.202 e. The third-order valence-corrected chi connectivity index (χ3v) is 4.53. The van der Waals surface area contributed by atoms with E-state index in [0.717, 1.165) is 56.4 Å². The molecule has 0 atom stereocenters. The monoisotopic (exact) mass is 277 g/mol. The Hall–Kier alpha value is -1.03. The highest BCUT2D eigenvalue weighted by molar-refractivity contribution is 5.25. The Morgan fingerprint density at radius 1 is 1.35 bits per heavy atom. The molecule has 1 heterocycles. The van der Waals surface area contributed by atoms with Crippen molar-refractivity contribution in [3.05, 3.63) is 12.4 Å². The highest BCUT2D eigenvalue weighted by atomic mass is 16.5. The fraction of sp³-hybridized carbons (Fsp3) is 0.812. The number of imidazole rings is 1. The molecule has 0 unspecified atom stereocenters. The summed E-state index contributed by atoms with van der Waals surface area (Å²) in [5.74, 6) is 3.92. The number of nitrogens with one attached hydrogen (secondary N) is 1. The molecule has 4 heteroatoms. The van der Waals surface area contributed by atoms with E-state index in [1.807, 2.05) is 13.1 Å². The summed E-state index contributed by atoms with van der Waals surface area (Å²) in [4.78, 5) is 4.46. The Kier molecular flexibility index (Phi) is 4.61. The summed E-state index contributed by atoms with van der Waals surface area (Å²) < 4.78 is 7.68. The maximum absolute atomic E-state index is 5.36. The zero-order valence-electron chi connectivity index (χ0n) is 12.6. The normalized spacial score (nSPS) is 18.7. The van der Waals surface area contributed by atoms with Gasteiger partial charge in [-0.25, -0.2) is 4.98 Å². The van der Waals surface area contributed by atoms with Crippen molar-refractivity contribution in [1.29, 1.82) is 0 Å². The van der Waals surface area contributed by atoms with Gasteiger partial charge >= 0.3 is 0 Å². The van der Waals surface area contributed by atoms with Crippen LogP contribution in [0.2, 0.25) is 0 Å². The van der Waals surface area contributed by atoms with Crippen molar-refractivity contribution in [3.8, 4) is 0 Å². The van der Waals surface area contributed by atoms with E-state index in [0.29, 0.717) is 0 Å². The molecule has 0 aromatic carbocycles. The molecule has 0 bridgehead atoms. The highest BCUT2D eigenvalue weighted by Crippen LogP contribution is 2.50. The van der Waals surface area contributed by atoms with Crippen LogP contribution in [-0.2, 0) is 11.3 Å². The lowest BCUT2D eigenvalue weighted by molar-refractivity contribution is 0.147. The molecule has 0 spiro atoms. The van der Waals surface area contributed by atoms with Crippen LogP contribution in [0.4, 0.5) is 5.95 Å². The molecule has 0 aliphatic heterocycles. The van der Waals surface area contributed by atoms with Gasteiger partial charge in [0.2, 0.25) is 5.95 Å². The van der Waals surface area contributed by atoms with Crippen molar-refractivity contribution < 1.29 is 4.74 Å². The van der Waals surface area contributed by atoms with Crippen LogP contribution >= 0.6 is 0 Å². The molecule has 2 aliphatic carbocycles. The van der Waals surface area contributed by atoms with E-state index in [2.05, 4.69) is 21.1 Å². The fourth-order valence-electron chi connectivity index (χ4n) is 3.10. The van der Waals surface area contributed by atoms with E-state index >= 15 is 0 Å². The Morgan fingerprint density at radius 2 is 2.10 bits per heavy atom. The first-order valence-corrected chi connectivity index (χ1v) is 8.21. The summed E-state index contributed by atoms with van der Waals surface area (Å²) in [6, 6.07) is 0. The highest BCUT2D eigenvalue weighted by Gasteiger charge is 2.41. The molecule has 112 valence electrons. The second-order valence-electron chi connectivity index (χ2n) is 6.22. The molecule has 2 fully saturated rings. The first-order valence-electron chi connectivity index (χ1n) is 8.21. The van der Waals surface area contributed by atoms with Gasteiger partial charge in [-0.15, -0.1) is 0 Å². The zero-order valence-corrected chi connectivity index (χ0v) is 12.6. The first kappa shape index (κ1) is 13.9. The van der Waals surface area contributed by atoms with Crippen molar-refractivity contribution in [2.45, 2.75) is 45.6 Å². The van der Waals surface area contributed by atoms with Crippen molar-refractivity contribution in [2.24, 2.45) is 17.8 Å². The Morgan fingerprint density at radius 3 is 2.75 bits per heavy atom. The first-order chi connectivity index (χ1) is 9.88. The number of hydrogen-bond donors (Lipinski definition) is 1. The molecule has 4 nitrogen and oxygen atoms in total. The lowest BCUT2D eigenvalue weighted by Crippen LogP contribution is -2.17. The molecular formula is C16H27N3O. The van der Waals surface area contributed by atoms with E-state index in [4.69, 9.17) is 4.74 Å². The third-order valence-electron chi connectivity index (χ3n) is 4.53. The van der Waals surface area contributed by atoms with Crippen LogP contribution in [0.5, 0.6) is 0 Å². The van der Waals surface area contributed by atoms with Crippen LogP contribution in [0.1, 0.15) is 39.0 Å². The minimum atomic E-state index is 0.805. The molecule has 0 radical (unpaired) electrons. The summed E-state index contributed by atoms with van der Waals surface area (Å²) in [7, 11) is 0. The van der Waals surface area contributed by atoms with Gasteiger partial charge < -0.3 is 14.6 Å². The van der Waals surface area contributed by atoms with Crippen molar-refractivity contribution in [1.82, 2.24) is 9.55 Å². The van der Waals surface area contributed by atoms with Crippen LogP contribution in [0.3, 0.4) is 0 Å². The van der Waals surface area contributed by atoms with E-state index in [-0.39, 0.29) is 0 Å². The van der Waals surface area contributed by atoms with E-state index in [9.17, 15) is 0 Å². The summed E-state index contributed by atoms with van der Waals surface area (Å²) in [5, 5.41) is 3.45. The molecule has 0 saturated heterocycles. The van der Waals surface area contributed by atoms with Gasteiger partial charge in [0.15, 0.2) is 0 Å². The fourth-order valence-corrected chi connectivity index (χ4v) is 3.10. The molecule has 20 heavy (non-hydrogen) atoms. The van der Waals surface area contributed by atoms with Crippen LogP contribution in [0, 0.1) is 17.8 Å². The number of ether oxygens (including phenoxy) is 1. The topological polar surface area (TPSA) is 39.1 Å². The largest absolute Gasteiger partial charge is 0.382 e. The molecule has 2 saturated carbocycles. The number of hydrogen-bond acceptors (Lipinski definition) is 3. The van der Waals surface area contributed by atoms with Crippen molar-refractivity contribution in [2.75, 3.05) is 25.1 Å². The standard InChI is InChI=1S/C16H27N3O/c1-2-20-11-3-8-17-16-18-9-10-19(16)12-15(13-4-5-13)14-6-7-14/h9-10,13-15H,2-8,11-12H2,1H3,(H,17,18). The number of nitrogens with zero attached hydrogens (tertiary/aromatic N) is 2. The quantitative estimate of drug-likeness (QED) is 0.668. The van der Waals surface area contributed by atoms with Gasteiger partial charge in [-0.3, -0.25) is 0 Å². The van der Waals surface area contributed by atoms with Gasteiger partial charge in [0.25, 0.3) is 0 Å². The average molecular weight is 277 g/mol. The lowest BCUT2D eigenvalue weighted by Gasteiger charge is -2.18. The summed E-state index contributed by atoms with van der Waals surface area (Å²) >= 11 is 0. The maximum atomic E-state index is 5.36. The maximum Gasteiger partial charge on any atom is 0.202 e. The number of aromatic nitrogens is 2. The number of rotatable bonds is 10. The van der Waals surface area contributed by atoms with Crippen LogP contribution in [-0.4, -0.2) is 29.3 Å². The molecule has 3 rings (SSSR count). The summed E-state index contributed by atoms with van der Waals surface area (Å²) in [6.45, 7) is 5.77. The molecule has 1 aromatic rings. The van der Waals surface area contributed by atoms with Gasteiger partial charge in [-0.05, 0) is 56.8 Å². The Labute approximate surface area is 121 Å². The van der Waals surface area contributed by atoms with Crippen LogP contribution in [0.25, 0.3) is 0 Å². The van der Waals surface area contributed by atoms with Gasteiger partial charge in [0.1, 0.15) is 0 Å². The van der Waals surface area contributed by atoms with E-state index < -0.39 is 0 Å². The molecular weight excluding hydrogens is 250 g/mol. The number of anilines is 1. The van der Waals surface area contributed by atoms with E-state index in [1.165, 1.54) is 25.7 Å². The molecule has 0 amide bonds. The predicted molar refractivity (Wildman–Crippen MR) is 80.8 cm³/mol. The van der Waals surface area contributed by atoms with Crippen LogP contribution < -0.4 is 5.32 Å². The minimum absolute atomic E-state index is 0.805. The van der Waals surface area contributed by atoms with Gasteiger partial charge in [0.05, 0.1) is 0 Å². The molecule has 2 aliphatic rings.